The van der Waals surface area contributed by atoms with Gasteiger partial charge in [-0.25, -0.2) is 0 Å². The molecule has 0 aliphatic carbocycles. The fourth-order valence-corrected chi connectivity index (χ4v) is 3.25. The zero-order valence-electron chi connectivity index (χ0n) is 12.5. The Kier molecular flexibility index (Phi) is 3.68. The molecule has 2 atom stereocenters. The summed E-state index contributed by atoms with van der Waals surface area (Å²) in [7, 11) is 2.16. The van der Waals surface area contributed by atoms with Crippen molar-refractivity contribution in [1.82, 2.24) is 10.2 Å². The maximum Gasteiger partial charge on any atom is 0.259 e. The highest BCUT2D eigenvalue weighted by atomic mass is 16.2. The van der Waals surface area contributed by atoms with E-state index in [1.807, 2.05) is 6.07 Å². The molecule has 0 aromatic heterocycles. The molecular formula is C16H21N3O2. The van der Waals surface area contributed by atoms with E-state index in [2.05, 4.69) is 29.5 Å². The fourth-order valence-electron chi connectivity index (χ4n) is 3.25. The van der Waals surface area contributed by atoms with Gasteiger partial charge in [0.25, 0.3) is 11.8 Å². The molecule has 0 radical (unpaired) electrons. The molecule has 2 heterocycles. The van der Waals surface area contributed by atoms with E-state index in [1.165, 1.54) is 19.4 Å². The van der Waals surface area contributed by atoms with Gasteiger partial charge in [0.2, 0.25) is 0 Å². The lowest BCUT2D eigenvalue weighted by Crippen LogP contribution is -2.39. The first kappa shape index (κ1) is 14.1. The summed E-state index contributed by atoms with van der Waals surface area (Å²) in [6.45, 7) is 4.45. The number of rotatable bonds is 3. The summed E-state index contributed by atoms with van der Waals surface area (Å²) in [4.78, 5) is 25.6. The van der Waals surface area contributed by atoms with Crippen LogP contribution in [0.3, 0.4) is 0 Å². The van der Waals surface area contributed by atoms with Crippen LogP contribution in [0.25, 0.3) is 0 Å². The third-order valence-electron chi connectivity index (χ3n) is 4.50. The zero-order valence-corrected chi connectivity index (χ0v) is 12.5. The number of benzene rings is 1. The molecule has 1 fully saturated rings. The molecule has 0 spiro atoms. The standard InChI is InChI=1S/C16H21N3O2/c1-10(11-4-3-7-19(2)9-11)17-12-5-6-13-14(8-12)16(21)18-15(13)20/h5-6,8,10-11,17H,3-4,7,9H2,1-2H3,(H,18,20,21). The number of hydrogen-bond acceptors (Lipinski definition) is 4. The molecule has 2 aliphatic heterocycles. The van der Waals surface area contributed by atoms with E-state index >= 15 is 0 Å². The molecule has 0 bridgehead atoms. The van der Waals surface area contributed by atoms with Crippen molar-refractivity contribution in [2.45, 2.75) is 25.8 Å². The number of carbonyl (C=O) groups is 2. The lowest BCUT2D eigenvalue weighted by atomic mass is 9.91. The summed E-state index contributed by atoms with van der Waals surface area (Å²) in [5, 5.41) is 5.80. The van der Waals surface area contributed by atoms with Crippen LogP contribution >= 0.6 is 0 Å². The molecule has 1 saturated heterocycles. The third-order valence-corrected chi connectivity index (χ3v) is 4.50. The number of likely N-dealkylation sites (tertiary alicyclic amines) is 1. The van der Waals surface area contributed by atoms with Gasteiger partial charge in [0, 0.05) is 18.3 Å². The van der Waals surface area contributed by atoms with E-state index in [-0.39, 0.29) is 11.8 Å². The monoisotopic (exact) mass is 287 g/mol. The Morgan fingerprint density at radius 1 is 1.29 bits per heavy atom. The second-order valence-electron chi connectivity index (χ2n) is 6.14. The van der Waals surface area contributed by atoms with E-state index in [1.54, 1.807) is 12.1 Å². The lowest BCUT2D eigenvalue weighted by Gasteiger charge is -2.34. The van der Waals surface area contributed by atoms with Crippen molar-refractivity contribution in [3.63, 3.8) is 0 Å². The predicted molar refractivity (Wildman–Crippen MR) is 81.5 cm³/mol. The molecule has 0 saturated carbocycles. The van der Waals surface area contributed by atoms with Gasteiger partial charge in [0.15, 0.2) is 0 Å². The normalized spacial score (nSPS) is 23.6. The number of imide groups is 1. The molecular weight excluding hydrogens is 266 g/mol. The Hall–Kier alpha value is -1.88. The van der Waals surface area contributed by atoms with Crippen molar-refractivity contribution < 1.29 is 9.59 Å². The van der Waals surface area contributed by atoms with Gasteiger partial charge in [0.05, 0.1) is 11.1 Å². The van der Waals surface area contributed by atoms with Gasteiger partial charge in [-0.2, -0.15) is 0 Å². The minimum Gasteiger partial charge on any atom is -0.382 e. The molecule has 2 amide bonds. The van der Waals surface area contributed by atoms with E-state index in [4.69, 9.17) is 0 Å². The lowest BCUT2D eigenvalue weighted by molar-refractivity contribution is 0.0879. The minimum atomic E-state index is -0.302. The minimum absolute atomic E-state index is 0.302. The molecule has 2 unspecified atom stereocenters. The van der Waals surface area contributed by atoms with Crippen molar-refractivity contribution >= 4 is 17.5 Å². The average Bonchev–Trinajstić information content (AvgIpc) is 2.74. The molecule has 2 N–H and O–H groups in total. The number of piperidine rings is 1. The van der Waals surface area contributed by atoms with Crippen molar-refractivity contribution in [2.24, 2.45) is 5.92 Å². The summed E-state index contributed by atoms with van der Waals surface area (Å²) in [5.41, 5.74) is 1.84. The van der Waals surface area contributed by atoms with Crippen molar-refractivity contribution in [2.75, 3.05) is 25.5 Å². The summed E-state index contributed by atoms with van der Waals surface area (Å²) in [6.07, 6.45) is 2.46. The zero-order chi connectivity index (χ0) is 15.0. The molecule has 2 aliphatic rings. The Bertz CT molecular complexity index is 585. The summed E-state index contributed by atoms with van der Waals surface area (Å²) in [6, 6.07) is 5.71. The van der Waals surface area contributed by atoms with Crippen LogP contribution in [0.1, 0.15) is 40.5 Å². The molecule has 5 heteroatoms. The molecule has 5 nitrogen and oxygen atoms in total. The van der Waals surface area contributed by atoms with Crippen molar-refractivity contribution in [3.05, 3.63) is 29.3 Å². The van der Waals surface area contributed by atoms with Gasteiger partial charge >= 0.3 is 0 Å². The number of amides is 2. The van der Waals surface area contributed by atoms with E-state index in [0.29, 0.717) is 23.1 Å². The van der Waals surface area contributed by atoms with Gasteiger partial charge in [-0.15, -0.1) is 0 Å². The van der Waals surface area contributed by atoms with Gasteiger partial charge in [-0.05, 0) is 57.5 Å². The van der Waals surface area contributed by atoms with E-state index in [0.717, 1.165) is 12.2 Å². The maximum absolute atomic E-state index is 11.7. The van der Waals surface area contributed by atoms with Crippen molar-refractivity contribution in [3.8, 4) is 0 Å². The predicted octanol–water partition coefficient (Wildman–Crippen LogP) is 1.71. The Morgan fingerprint density at radius 3 is 2.81 bits per heavy atom. The van der Waals surface area contributed by atoms with Crippen LogP contribution in [0.5, 0.6) is 0 Å². The Balaban J connectivity index is 1.72. The number of fused-ring (bicyclic) bond motifs is 1. The topological polar surface area (TPSA) is 61.4 Å². The Morgan fingerprint density at radius 2 is 2.05 bits per heavy atom. The second-order valence-corrected chi connectivity index (χ2v) is 6.14. The number of nitrogens with one attached hydrogen (secondary N) is 2. The van der Waals surface area contributed by atoms with Gasteiger partial charge < -0.3 is 10.2 Å². The third kappa shape index (κ3) is 2.78. The first-order chi connectivity index (χ1) is 10.0. The summed E-state index contributed by atoms with van der Waals surface area (Å²) < 4.78 is 0. The number of carbonyl (C=O) groups excluding carboxylic acids is 2. The van der Waals surface area contributed by atoms with Crippen LogP contribution in [-0.4, -0.2) is 42.9 Å². The number of anilines is 1. The maximum atomic E-state index is 11.7. The molecule has 1 aromatic rings. The average molecular weight is 287 g/mol. The Labute approximate surface area is 124 Å². The smallest absolute Gasteiger partial charge is 0.259 e. The number of hydrogen-bond donors (Lipinski definition) is 2. The van der Waals surface area contributed by atoms with Crippen LogP contribution in [-0.2, 0) is 0 Å². The van der Waals surface area contributed by atoms with Gasteiger partial charge in [0.1, 0.15) is 0 Å². The fraction of sp³-hybridized carbons (Fsp3) is 0.500. The van der Waals surface area contributed by atoms with E-state index < -0.39 is 0 Å². The van der Waals surface area contributed by atoms with Gasteiger partial charge in [-0.3, -0.25) is 14.9 Å². The molecule has 3 rings (SSSR count). The molecule has 1 aromatic carbocycles. The van der Waals surface area contributed by atoms with Crippen LogP contribution in [0.2, 0.25) is 0 Å². The SMILES string of the molecule is CC(Nc1ccc2c(c1)C(=O)NC2=O)C1CCCN(C)C1. The summed E-state index contributed by atoms with van der Waals surface area (Å²) >= 11 is 0. The summed E-state index contributed by atoms with van der Waals surface area (Å²) in [5.74, 6) is -0.000306. The number of nitrogens with zero attached hydrogens (tertiary/aromatic N) is 1. The first-order valence-electron chi connectivity index (χ1n) is 7.49. The van der Waals surface area contributed by atoms with Gasteiger partial charge in [-0.1, -0.05) is 0 Å². The first-order valence-corrected chi connectivity index (χ1v) is 7.49. The highest BCUT2D eigenvalue weighted by molar-refractivity contribution is 6.21. The van der Waals surface area contributed by atoms with Crippen LogP contribution in [0, 0.1) is 5.92 Å². The largest absolute Gasteiger partial charge is 0.382 e. The van der Waals surface area contributed by atoms with E-state index in [9.17, 15) is 9.59 Å². The second kappa shape index (κ2) is 5.48. The molecule has 21 heavy (non-hydrogen) atoms. The molecule has 112 valence electrons. The highest BCUT2D eigenvalue weighted by Crippen LogP contribution is 2.24. The quantitative estimate of drug-likeness (QED) is 0.831. The van der Waals surface area contributed by atoms with Crippen LogP contribution in [0.4, 0.5) is 5.69 Å². The van der Waals surface area contributed by atoms with Crippen molar-refractivity contribution in [1.29, 1.82) is 0 Å². The highest BCUT2D eigenvalue weighted by Gasteiger charge is 2.27. The van der Waals surface area contributed by atoms with Crippen LogP contribution < -0.4 is 10.6 Å². The van der Waals surface area contributed by atoms with Crippen LogP contribution in [0.15, 0.2) is 18.2 Å².